The number of nitrogens with zero attached hydrogens (tertiary/aromatic N) is 2. The molecular weight excluding hydrogens is 464 g/mol. The van der Waals surface area contributed by atoms with E-state index in [0.717, 1.165) is 48.8 Å². The summed E-state index contributed by atoms with van der Waals surface area (Å²) in [6.07, 6.45) is 9.07. The highest BCUT2D eigenvalue weighted by Gasteiger charge is 2.38. The zero-order chi connectivity index (χ0) is 27.0. The fraction of sp³-hybridized carbons (Fsp3) is 0.500. The normalized spacial score (nSPS) is 20.6. The Bertz CT molecular complexity index is 1260. The van der Waals surface area contributed by atoms with Crippen LogP contribution in [0.4, 0.5) is 0 Å². The number of allylic oxidation sites excluding steroid dienone is 4. The largest absolute Gasteiger partial charge is 0.495 e. The second-order valence-electron chi connectivity index (χ2n) is 11.4. The SMILES string of the molecule is COC1=CCC=C(C(C)(C)C)C=C1NC(=O)c1cc2cccc(CN3CCCC3C(C)(N)OC)c2n1C. The van der Waals surface area contributed by atoms with Crippen LogP contribution in [0, 0.1) is 5.41 Å². The van der Waals surface area contributed by atoms with Gasteiger partial charge in [0.15, 0.2) is 0 Å². The lowest BCUT2D eigenvalue weighted by Crippen LogP contribution is -2.55. The van der Waals surface area contributed by atoms with Gasteiger partial charge in [0.05, 0.1) is 24.4 Å². The van der Waals surface area contributed by atoms with Crippen molar-refractivity contribution in [3.05, 3.63) is 70.8 Å². The monoisotopic (exact) mass is 506 g/mol. The van der Waals surface area contributed by atoms with Gasteiger partial charge in [-0.2, -0.15) is 0 Å². The number of para-hydroxylation sites is 1. The summed E-state index contributed by atoms with van der Waals surface area (Å²) in [4.78, 5) is 16.0. The van der Waals surface area contributed by atoms with E-state index < -0.39 is 5.72 Å². The van der Waals surface area contributed by atoms with Gasteiger partial charge in [-0.1, -0.05) is 45.0 Å². The molecule has 4 rings (SSSR count). The van der Waals surface area contributed by atoms with Crippen LogP contribution in [-0.4, -0.2) is 47.9 Å². The van der Waals surface area contributed by atoms with Crippen molar-refractivity contribution < 1.29 is 14.3 Å². The number of carbonyl (C=O) groups is 1. The fourth-order valence-electron chi connectivity index (χ4n) is 5.55. The number of nitrogens with two attached hydrogens (primary N) is 1. The predicted octanol–water partition coefficient (Wildman–Crippen LogP) is 4.98. The number of ether oxygens (including phenoxy) is 2. The van der Waals surface area contributed by atoms with E-state index in [-0.39, 0.29) is 17.4 Å². The molecular formula is C30H42N4O3. The summed E-state index contributed by atoms with van der Waals surface area (Å²) in [5.74, 6) is 0.508. The zero-order valence-electron chi connectivity index (χ0n) is 23.4. The lowest BCUT2D eigenvalue weighted by atomic mass is 9.85. The molecule has 1 fully saturated rings. The van der Waals surface area contributed by atoms with Gasteiger partial charge in [-0.15, -0.1) is 0 Å². The van der Waals surface area contributed by atoms with Crippen LogP contribution in [0.25, 0.3) is 10.9 Å². The maximum atomic E-state index is 13.6. The molecule has 1 aliphatic carbocycles. The number of carbonyl (C=O) groups excluding carboxylic acids is 1. The average Bonchev–Trinajstić information content (AvgIpc) is 3.38. The van der Waals surface area contributed by atoms with Crippen LogP contribution >= 0.6 is 0 Å². The minimum absolute atomic E-state index is 0.0442. The quantitative estimate of drug-likeness (QED) is 0.518. The minimum atomic E-state index is -0.705. The van der Waals surface area contributed by atoms with E-state index in [4.69, 9.17) is 15.2 Å². The van der Waals surface area contributed by atoms with Crippen molar-refractivity contribution in [2.75, 3.05) is 20.8 Å². The molecule has 7 heteroatoms. The Morgan fingerprint density at radius 1 is 1.19 bits per heavy atom. The maximum Gasteiger partial charge on any atom is 0.272 e. The molecule has 2 heterocycles. The number of methoxy groups -OCH3 is 2. The first-order valence-electron chi connectivity index (χ1n) is 13.1. The van der Waals surface area contributed by atoms with Gasteiger partial charge in [-0.3, -0.25) is 9.69 Å². The van der Waals surface area contributed by atoms with Crippen LogP contribution in [0.3, 0.4) is 0 Å². The molecule has 2 unspecified atom stereocenters. The summed E-state index contributed by atoms with van der Waals surface area (Å²) < 4.78 is 13.2. The van der Waals surface area contributed by atoms with Gasteiger partial charge in [0.1, 0.15) is 17.2 Å². The van der Waals surface area contributed by atoms with E-state index in [9.17, 15) is 4.79 Å². The molecule has 1 amide bonds. The van der Waals surface area contributed by atoms with Crippen LogP contribution in [0.5, 0.6) is 0 Å². The Morgan fingerprint density at radius 2 is 1.95 bits per heavy atom. The number of benzene rings is 1. The van der Waals surface area contributed by atoms with Crippen molar-refractivity contribution in [1.82, 2.24) is 14.8 Å². The van der Waals surface area contributed by atoms with Crippen molar-refractivity contribution in [2.45, 2.75) is 65.3 Å². The number of amides is 1. The fourth-order valence-corrected chi connectivity index (χ4v) is 5.55. The van der Waals surface area contributed by atoms with Gasteiger partial charge >= 0.3 is 0 Å². The van der Waals surface area contributed by atoms with Crippen molar-refractivity contribution in [2.24, 2.45) is 18.2 Å². The maximum absolute atomic E-state index is 13.6. The Balaban J connectivity index is 1.64. The van der Waals surface area contributed by atoms with Crippen molar-refractivity contribution in [1.29, 1.82) is 0 Å². The molecule has 1 aromatic heterocycles. The number of hydrogen-bond acceptors (Lipinski definition) is 5. The molecule has 2 aromatic rings. The summed E-state index contributed by atoms with van der Waals surface area (Å²) >= 11 is 0. The van der Waals surface area contributed by atoms with Crippen LogP contribution in [0.2, 0.25) is 0 Å². The molecule has 0 saturated carbocycles. The third-order valence-corrected chi connectivity index (χ3v) is 7.75. The number of hydrogen-bond donors (Lipinski definition) is 2. The molecule has 2 aliphatic rings. The Kier molecular flexibility index (Phi) is 7.70. The molecule has 0 spiro atoms. The number of rotatable bonds is 7. The first-order chi connectivity index (χ1) is 17.5. The average molecular weight is 507 g/mol. The van der Waals surface area contributed by atoms with Crippen LogP contribution in [-0.2, 0) is 23.1 Å². The molecule has 0 radical (unpaired) electrons. The number of likely N-dealkylation sites (tertiary alicyclic amines) is 1. The van der Waals surface area contributed by atoms with Crippen molar-refractivity contribution in [3.63, 3.8) is 0 Å². The first kappa shape index (κ1) is 27.2. The molecule has 1 saturated heterocycles. The standard InChI is InChI=1S/C30H42N4O3/c1-29(2,3)22-13-9-14-25(36-6)23(18-22)32-28(35)24-17-20-11-8-12-21(27(20)33(24)5)19-34-16-10-15-26(34)30(4,31)37-7/h8,11-14,17-18,26H,9-10,15-16,19,31H2,1-7H3,(H,32,35). The Morgan fingerprint density at radius 3 is 2.62 bits per heavy atom. The van der Waals surface area contributed by atoms with E-state index in [0.29, 0.717) is 17.2 Å². The van der Waals surface area contributed by atoms with Gasteiger partial charge in [0.25, 0.3) is 5.91 Å². The highest BCUT2D eigenvalue weighted by atomic mass is 16.5. The van der Waals surface area contributed by atoms with Gasteiger partial charge < -0.3 is 25.1 Å². The van der Waals surface area contributed by atoms with Crippen LogP contribution in [0.1, 0.15) is 63.0 Å². The van der Waals surface area contributed by atoms with E-state index in [1.807, 2.05) is 36.8 Å². The van der Waals surface area contributed by atoms with E-state index in [1.54, 1.807) is 14.2 Å². The molecule has 3 N–H and O–H groups in total. The third-order valence-electron chi connectivity index (χ3n) is 7.75. The van der Waals surface area contributed by atoms with Gasteiger partial charge in [0, 0.05) is 26.1 Å². The Labute approximate surface area is 221 Å². The summed E-state index contributed by atoms with van der Waals surface area (Å²) in [5, 5.41) is 4.17. The number of fused-ring (bicyclic) bond motifs is 1. The topological polar surface area (TPSA) is 81.8 Å². The summed E-state index contributed by atoms with van der Waals surface area (Å²) in [5.41, 5.74) is 10.4. The minimum Gasteiger partial charge on any atom is -0.495 e. The smallest absolute Gasteiger partial charge is 0.272 e. The first-order valence-corrected chi connectivity index (χ1v) is 13.1. The third kappa shape index (κ3) is 5.54. The molecule has 0 bridgehead atoms. The highest BCUT2D eigenvalue weighted by Crippen LogP contribution is 2.32. The second-order valence-corrected chi connectivity index (χ2v) is 11.4. The summed E-state index contributed by atoms with van der Waals surface area (Å²) in [6, 6.07) is 8.36. The highest BCUT2D eigenvalue weighted by molar-refractivity contribution is 6.00. The van der Waals surface area contributed by atoms with E-state index in [1.165, 1.54) is 5.56 Å². The van der Waals surface area contributed by atoms with Crippen molar-refractivity contribution in [3.8, 4) is 0 Å². The van der Waals surface area contributed by atoms with E-state index >= 15 is 0 Å². The lowest BCUT2D eigenvalue weighted by Gasteiger charge is -2.36. The number of nitrogens with one attached hydrogen (secondary N) is 1. The Hall–Kier alpha value is -2.87. The molecule has 2 atom stereocenters. The summed E-state index contributed by atoms with van der Waals surface area (Å²) in [6.45, 7) is 10.2. The predicted molar refractivity (Wildman–Crippen MR) is 149 cm³/mol. The summed E-state index contributed by atoms with van der Waals surface area (Å²) in [7, 11) is 5.27. The molecule has 37 heavy (non-hydrogen) atoms. The van der Waals surface area contributed by atoms with Crippen LogP contribution in [0.15, 0.2) is 59.5 Å². The molecule has 200 valence electrons. The zero-order valence-corrected chi connectivity index (χ0v) is 23.4. The van der Waals surface area contributed by atoms with Crippen molar-refractivity contribution >= 4 is 16.8 Å². The van der Waals surface area contributed by atoms with Crippen LogP contribution < -0.4 is 11.1 Å². The van der Waals surface area contributed by atoms with Gasteiger partial charge in [-0.25, -0.2) is 0 Å². The molecule has 7 nitrogen and oxygen atoms in total. The lowest BCUT2D eigenvalue weighted by molar-refractivity contribution is -0.0515. The van der Waals surface area contributed by atoms with Gasteiger partial charge in [-0.05, 0) is 67.5 Å². The van der Waals surface area contributed by atoms with E-state index in [2.05, 4.69) is 55.3 Å². The molecule has 1 aliphatic heterocycles. The van der Waals surface area contributed by atoms with Gasteiger partial charge in [0.2, 0.25) is 0 Å². The number of aryl methyl sites for hydroxylation is 1. The molecule has 1 aromatic carbocycles. The number of aromatic nitrogens is 1. The second kappa shape index (κ2) is 10.5.